The quantitative estimate of drug-likeness (QED) is 0.164. The van der Waals surface area contributed by atoms with Crippen molar-refractivity contribution in [2.45, 2.75) is 53.5 Å². The zero-order chi connectivity index (χ0) is 37.9. The summed E-state index contributed by atoms with van der Waals surface area (Å²) in [4.78, 5) is 14.2. The summed E-state index contributed by atoms with van der Waals surface area (Å²) in [6, 6.07) is 14.7. The molecule has 0 heterocycles. The summed E-state index contributed by atoms with van der Waals surface area (Å²) in [6.07, 6.45) is 0. The molecule has 290 valence electrons. The van der Waals surface area contributed by atoms with Gasteiger partial charge in [0.2, 0.25) is 0 Å². The maximum absolute atomic E-state index is 3.27. The van der Waals surface area contributed by atoms with E-state index in [0.29, 0.717) is 0 Å². The number of anilines is 6. The number of benzene rings is 3. The molecule has 1 aliphatic carbocycles. The molecule has 1 atom stereocenters. The molecule has 0 N–H and O–H groups in total. The number of hydrogen-bond donors (Lipinski definition) is 0. The van der Waals surface area contributed by atoms with Gasteiger partial charge in [-0.05, 0) is 0 Å². The Morgan fingerprint density at radius 2 is 0.660 bits per heavy atom. The van der Waals surface area contributed by atoms with Crippen molar-refractivity contribution in [2.24, 2.45) is 0 Å². The van der Waals surface area contributed by atoms with E-state index in [1.807, 2.05) is 0 Å². The van der Waals surface area contributed by atoms with Gasteiger partial charge in [0.15, 0.2) is 0 Å². The third-order valence-corrected chi connectivity index (χ3v) is 19.0. The molecule has 6 nitrogen and oxygen atoms in total. The summed E-state index contributed by atoms with van der Waals surface area (Å²) in [7, 11) is 23.4. The van der Waals surface area contributed by atoms with Gasteiger partial charge in [-0.25, -0.2) is 0 Å². The molecule has 0 saturated carbocycles. The standard InChI is InChI=1S/C42H63N6Si.3ClH.Ti/c1-27-20-23-33(39(46(14)15)36(27)43(8)9)49(42(7)26-30(4)31(5)32(42)6,34-24-21-28(2)37(44(10)11)40(34)47(16)17)35-25-22-29(3)38(45(12)13)41(35)48(18)19;;;;/h20-25H,1-19H3;3*1H;/q;;;;+3/p-3. The van der Waals surface area contributed by atoms with Crippen molar-refractivity contribution in [1.29, 1.82) is 0 Å². The summed E-state index contributed by atoms with van der Waals surface area (Å²) < 4.78 is 1.48. The zero-order valence-electron chi connectivity index (χ0n) is 35.8. The smallest absolute Gasteiger partial charge is 1.00 e. The van der Waals surface area contributed by atoms with Crippen LogP contribution in [0.5, 0.6) is 0 Å². The third kappa shape index (κ3) is 7.40. The van der Waals surface area contributed by atoms with Gasteiger partial charge in [-0.15, -0.1) is 0 Å². The van der Waals surface area contributed by atoms with Crippen LogP contribution < -0.4 is 82.2 Å². The predicted octanol–water partition coefficient (Wildman–Crippen LogP) is -2.58. The van der Waals surface area contributed by atoms with Crippen molar-refractivity contribution in [3.8, 4) is 0 Å². The molecule has 3 aromatic carbocycles. The van der Waals surface area contributed by atoms with Crippen LogP contribution in [0.3, 0.4) is 0 Å². The first-order valence-electron chi connectivity index (χ1n) is 17.7. The largest absolute Gasteiger partial charge is 1.00 e. The van der Waals surface area contributed by atoms with E-state index in [4.69, 9.17) is 0 Å². The first-order chi connectivity index (χ1) is 23.1. The van der Waals surface area contributed by atoms with Crippen LogP contribution in [0.25, 0.3) is 0 Å². The van der Waals surface area contributed by atoms with E-state index in [-0.39, 0.29) is 42.3 Å². The van der Waals surface area contributed by atoms with Gasteiger partial charge in [-0.1, -0.05) is 0 Å². The molecular formula is C42H63Cl3N6SiTi. The maximum atomic E-state index is 2.60. The molecule has 0 aromatic heterocycles. The minimum absolute atomic E-state index is 0. The molecule has 4 rings (SSSR count). The summed E-state index contributed by atoms with van der Waals surface area (Å²) in [6.45, 7) is 16.5. The van der Waals surface area contributed by atoms with Crippen molar-refractivity contribution in [2.75, 3.05) is 114 Å². The summed E-state index contributed by atoms with van der Waals surface area (Å²) in [5.41, 5.74) is 15.9. The second-order valence-electron chi connectivity index (χ2n) is 15.9. The Morgan fingerprint density at radius 3 is 0.849 bits per heavy atom. The first kappa shape index (κ1) is 48.8. The van der Waals surface area contributed by atoms with Gasteiger partial charge in [0.05, 0.1) is 0 Å². The molecular weight excluding hydrogens is 771 g/mol. The Balaban J connectivity index is 0.00000468. The Kier molecular flexibility index (Phi) is 16.3. The normalized spacial score (nSPS) is 15.4. The Hall–Kier alpha value is -2.26. The number of hydrogen-bond acceptors (Lipinski definition) is 6. The third-order valence-electron chi connectivity index (χ3n) is 11.5. The SMILES string of the molecule is CC1=C(C)C(C)([Si](c2ccc(C)c(N(C)C)c2N(C)C)(c2ccc(C)c(N(C)C)c2N(C)C)c2ccc(C)c(N(C)C)c2N(C)C)[C]([Ti+3])=C1C.[Cl-].[Cl-].[Cl-]. The van der Waals surface area contributed by atoms with Gasteiger partial charge in [0.25, 0.3) is 0 Å². The Morgan fingerprint density at radius 1 is 0.415 bits per heavy atom. The van der Waals surface area contributed by atoms with Gasteiger partial charge >= 0.3 is 319 Å². The van der Waals surface area contributed by atoms with Gasteiger partial charge in [-0.3, -0.25) is 0 Å². The monoisotopic (exact) mass is 832 g/mol. The number of nitrogens with zero attached hydrogens (tertiary/aromatic N) is 6. The van der Waals surface area contributed by atoms with E-state index in [2.05, 4.69) is 219 Å². The van der Waals surface area contributed by atoms with Gasteiger partial charge in [-0.2, -0.15) is 0 Å². The second-order valence-corrected chi connectivity index (χ2v) is 20.8. The molecule has 0 saturated heterocycles. The average molecular weight is 834 g/mol. The second kappa shape index (κ2) is 17.7. The van der Waals surface area contributed by atoms with Crippen molar-refractivity contribution < 1.29 is 57.7 Å². The van der Waals surface area contributed by atoms with Gasteiger partial charge in [0, 0.05) is 0 Å². The van der Waals surface area contributed by atoms with Crippen LogP contribution >= 0.6 is 0 Å². The predicted molar refractivity (Wildman–Crippen MR) is 224 cm³/mol. The number of aryl methyl sites for hydroxylation is 3. The number of halogens is 3. The molecule has 0 fully saturated rings. The van der Waals surface area contributed by atoms with E-state index >= 15 is 0 Å². The van der Waals surface area contributed by atoms with Crippen molar-refractivity contribution >= 4 is 57.8 Å². The Bertz CT molecular complexity index is 1690. The van der Waals surface area contributed by atoms with E-state index in [1.165, 1.54) is 87.0 Å². The average Bonchev–Trinajstić information content (AvgIpc) is 3.17. The number of allylic oxidation sites excluding steroid dienone is 4. The molecule has 11 heteroatoms. The van der Waals surface area contributed by atoms with Gasteiger partial charge < -0.3 is 37.2 Å². The van der Waals surface area contributed by atoms with Crippen LogP contribution in [0.1, 0.15) is 44.4 Å². The molecule has 0 bridgehead atoms. The van der Waals surface area contributed by atoms with Gasteiger partial charge in [0.1, 0.15) is 0 Å². The topological polar surface area (TPSA) is 19.4 Å². The summed E-state index contributed by atoms with van der Waals surface area (Å²) in [5.74, 6) is 0. The molecule has 0 aliphatic heterocycles. The van der Waals surface area contributed by atoms with Crippen LogP contribution in [-0.2, 0) is 20.4 Å². The Labute approximate surface area is 354 Å². The van der Waals surface area contributed by atoms with Crippen LogP contribution in [0.2, 0.25) is 5.04 Å². The van der Waals surface area contributed by atoms with Crippen molar-refractivity contribution in [3.63, 3.8) is 0 Å². The molecule has 1 aliphatic rings. The minimum Gasteiger partial charge on any atom is -1.00 e. The molecule has 0 spiro atoms. The van der Waals surface area contributed by atoms with Crippen molar-refractivity contribution in [3.05, 3.63) is 73.7 Å². The van der Waals surface area contributed by atoms with Crippen LogP contribution in [-0.4, -0.2) is 92.6 Å². The molecule has 0 amide bonds. The zero-order valence-corrected chi connectivity index (χ0v) is 40.6. The molecule has 1 unspecified atom stereocenters. The minimum atomic E-state index is -3.27. The fourth-order valence-electron chi connectivity index (χ4n) is 9.12. The van der Waals surface area contributed by atoms with Crippen LogP contribution in [0.15, 0.2) is 57.0 Å². The van der Waals surface area contributed by atoms with Crippen molar-refractivity contribution in [1.82, 2.24) is 0 Å². The van der Waals surface area contributed by atoms with E-state index < -0.39 is 8.07 Å². The fourth-order valence-corrected chi connectivity index (χ4v) is 17.5. The first-order valence-corrected chi connectivity index (χ1v) is 20.5. The van der Waals surface area contributed by atoms with E-state index in [9.17, 15) is 0 Å². The molecule has 0 radical (unpaired) electrons. The fraction of sp³-hybridized carbons (Fsp3) is 0.476. The van der Waals surface area contributed by atoms with Crippen LogP contribution in [0.4, 0.5) is 34.1 Å². The molecule has 3 aromatic rings. The maximum Gasteiger partial charge on any atom is -1.00 e. The summed E-state index contributed by atoms with van der Waals surface area (Å²) >= 11 is 2.43. The number of rotatable bonds is 10. The summed E-state index contributed by atoms with van der Waals surface area (Å²) in [5, 5.41) is 4.01. The van der Waals surface area contributed by atoms with E-state index in [0.717, 1.165) is 0 Å². The molecule has 53 heavy (non-hydrogen) atoms. The van der Waals surface area contributed by atoms with Crippen LogP contribution in [0, 0.1) is 20.8 Å². The van der Waals surface area contributed by atoms with E-state index in [1.54, 1.807) is 0 Å².